The van der Waals surface area contributed by atoms with Gasteiger partial charge in [-0.2, -0.15) is 0 Å². The molecular formula is C17H24IN3O3. The lowest BCUT2D eigenvalue weighted by Crippen LogP contribution is -2.40. The Labute approximate surface area is 159 Å². The van der Waals surface area contributed by atoms with E-state index in [-0.39, 0.29) is 24.0 Å². The van der Waals surface area contributed by atoms with E-state index >= 15 is 0 Å². The van der Waals surface area contributed by atoms with Crippen LogP contribution in [-0.4, -0.2) is 39.8 Å². The van der Waals surface area contributed by atoms with Crippen molar-refractivity contribution in [3.63, 3.8) is 0 Å². The van der Waals surface area contributed by atoms with Crippen LogP contribution in [0.15, 0.2) is 52.1 Å². The normalized spacial score (nSPS) is 10.7. The molecule has 7 heteroatoms. The van der Waals surface area contributed by atoms with Crippen molar-refractivity contribution in [3.8, 4) is 11.5 Å². The number of rotatable bonds is 8. The van der Waals surface area contributed by atoms with Crippen molar-refractivity contribution < 1.29 is 13.9 Å². The summed E-state index contributed by atoms with van der Waals surface area (Å²) >= 11 is 0. The summed E-state index contributed by atoms with van der Waals surface area (Å²) in [7, 11) is 3.39. The van der Waals surface area contributed by atoms with Gasteiger partial charge in [0.25, 0.3) is 0 Å². The van der Waals surface area contributed by atoms with Crippen LogP contribution in [0.3, 0.4) is 0 Å². The molecule has 0 bridgehead atoms. The number of aliphatic imine (C=N–C) groups is 1. The molecule has 0 saturated carbocycles. The fraction of sp³-hybridized carbons (Fsp3) is 0.353. The highest BCUT2D eigenvalue weighted by Gasteiger charge is 2.00. The number of nitrogens with one attached hydrogen (secondary N) is 2. The molecule has 0 spiro atoms. The standard InChI is InChI=1S/C17H23N3O3.HI/c1-18-17(19-10-9-15-4-3-12-22-15)20-11-13-23-16-7-5-14(21-2)6-8-16;/h3-8,12H,9-11,13H2,1-2H3,(H2,18,19,20);1H. The summed E-state index contributed by atoms with van der Waals surface area (Å²) in [5.74, 6) is 3.33. The number of methoxy groups -OCH3 is 1. The highest BCUT2D eigenvalue weighted by atomic mass is 127. The highest BCUT2D eigenvalue weighted by molar-refractivity contribution is 14.0. The van der Waals surface area contributed by atoms with Gasteiger partial charge in [-0.1, -0.05) is 0 Å². The Morgan fingerprint density at radius 1 is 1.08 bits per heavy atom. The summed E-state index contributed by atoms with van der Waals surface area (Å²) in [4.78, 5) is 4.17. The van der Waals surface area contributed by atoms with Crippen molar-refractivity contribution in [2.24, 2.45) is 4.99 Å². The maximum atomic E-state index is 5.65. The summed E-state index contributed by atoms with van der Waals surface area (Å²) in [6, 6.07) is 11.4. The average Bonchev–Trinajstić information content (AvgIpc) is 3.11. The Balaban J connectivity index is 0.00000288. The van der Waals surface area contributed by atoms with Crippen molar-refractivity contribution in [2.75, 3.05) is 33.9 Å². The first-order valence-corrected chi connectivity index (χ1v) is 7.55. The summed E-state index contributed by atoms with van der Waals surface area (Å²) in [6.07, 6.45) is 2.50. The van der Waals surface area contributed by atoms with Gasteiger partial charge >= 0.3 is 0 Å². The van der Waals surface area contributed by atoms with Crippen molar-refractivity contribution in [2.45, 2.75) is 6.42 Å². The van der Waals surface area contributed by atoms with Gasteiger partial charge in [-0.25, -0.2) is 0 Å². The molecule has 0 unspecified atom stereocenters. The molecular weight excluding hydrogens is 421 g/mol. The third-order valence-corrected chi connectivity index (χ3v) is 3.19. The van der Waals surface area contributed by atoms with Gasteiger partial charge in [0.05, 0.1) is 19.9 Å². The molecule has 0 aliphatic rings. The summed E-state index contributed by atoms with van der Waals surface area (Å²) in [6.45, 7) is 1.96. The van der Waals surface area contributed by atoms with E-state index < -0.39 is 0 Å². The van der Waals surface area contributed by atoms with Crippen molar-refractivity contribution in [1.29, 1.82) is 0 Å². The van der Waals surface area contributed by atoms with E-state index in [1.54, 1.807) is 20.4 Å². The molecule has 0 saturated heterocycles. The van der Waals surface area contributed by atoms with E-state index in [1.165, 1.54) is 0 Å². The van der Waals surface area contributed by atoms with Gasteiger partial charge in [0.15, 0.2) is 5.96 Å². The molecule has 0 atom stereocenters. The molecule has 1 aromatic heterocycles. The van der Waals surface area contributed by atoms with Gasteiger partial charge in [-0.3, -0.25) is 4.99 Å². The zero-order chi connectivity index (χ0) is 16.3. The SMILES string of the molecule is CN=C(NCCOc1ccc(OC)cc1)NCCc1ccco1.I. The Bertz CT molecular complexity index is 586. The number of furan rings is 1. The first-order chi connectivity index (χ1) is 11.3. The molecule has 0 radical (unpaired) electrons. The van der Waals surface area contributed by atoms with E-state index in [0.29, 0.717) is 13.2 Å². The lowest BCUT2D eigenvalue weighted by Gasteiger charge is -2.12. The summed E-state index contributed by atoms with van der Waals surface area (Å²) < 4.78 is 16.0. The maximum absolute atomic E-state index is 5.65. The molecule has 2 N–H and O–H groups in total. The zero-order valence-electron chi connectivity index (χ0n) is 14.0. The predicted octanol–water partition coefficient (Wildman–Crippen LogP) is 2.69. The van der Waals surface area contributed by atoms with Crippen LogP contribution in [0, 0.1) is 0 Å². The van der Waals surface area contributed by atoms with E-state index in [0.717, 1.165) is 36.2 Å². The van der Waals surface area contributed by atoms with E-state index in [9.17, 15) is 0 Å². The molecule has 0 aliphatic heterocycles. The molecule has 0 aliphatic carbocycles. The fourth-order valence-corrected chi connectivity index (χ4v) is 1.99. The van der Waals surface area contributed by atoms with Gasteiger partial charge in [0.1, 0.15) is 23.9 Å². The summed E-state index contributed by atoms with van der Waals surface area (Å²) in [5.41, 5.74) is 0. The third-order valence-electron chi connectivity index (χ3n) is 3.19. The molecule has 2 aromatic rings. The van der Waals surface area contributed by atoms with Crippen molar-refractivity contribution in [3.05, 3.63) is 48.4 Å². The monoisotopic (exact) mass is 445 g/mol. The highest BCUT2D eigenvalue weighted by Crippen LogP contribution is 2.16. The average molecular weight is 445 g/mol. The molecule has 1 heterocycles. The quantitative estimate of drug-likeness (QED) is 0.283. The fourth-order valence-electron chi connectivity index (χ4n) is 1.99. The second-order valence-electron chi connectivity index (χ2n) is 4.78. The second-order valence-corrected chi connectivity index (χ2v) is 4.78. The molecule has 132 valence electrons. The third kappa shape index (κ3) is 7.12. The predicted molar refractivity (Wildman–Crippen MR) is 106 cm³/mol. The molecule has 2 rings (SSSR count). The van der Waals surface area contributed by atoms with Gasteiger partial charge in [0, 0.05) is 20.0 Å². The summed E-state index contributed by atoms with van der Waals surface area (Å²) in [5, 5.41) is 6.43. The number of halogens is 1. The van der Waals surface area contributed by atoms with E-state index in [1.807, 2.05) is 36.4 Å². The number of ether oxygens (including phenoxy) is 2. The minimum atomic E-state index is 0. The Hall–Kier alpha value is -1.90. The number of hydrogen-bond acceptors (Lipinski definition) is 4. The second kappa shape index (κ2) is 11.6. The van der Waals surface area contributed by atoms with Gasteiger partial charge < -0.3 is 24.5 Å². The first kappa shape index (κ1) is 20.1. The minimum Gasteiger partial charge on any atom is -0.497 e. The minimum absolute atomic E-state index is 0. The lowest BCUT2D eigenvalue weighted by atomic mass is 10.3. The van der Waals surface area contributed by atoms with Crippen LogP contribution in [0.5, 0.6) is 11.5 Å². The van der Waals surface area contributed by atoms with Gasteiger partial charge in [-0.15, -0.1) is 24.0 Å². The molecule has 0 fully saturated rings. The zero-order valence-corrected chi connectivity index (χ0v) is 16.3. The van der Waals surface area contributed by atoms with Crippen LogP contribution in [-0.2, 0) is 6.42 Å². The number of guanidine groups is 1. The number of nitrogens with zero attached hydrogens (tertiary/aromatic N) is 1. The molecule has 1 aromatic carbocycles. The maximum Gasteiger partial charge on any atom is 0.191 e. The van der Waals surface area contributed by atoms with E-state index in [2.05, 4.69) is 15.6 Å². The Kier molecular flexibility index (Phi) is 9.74. The molecule has 6 nitrogen and oxygen atoms in total. The van der Waals surface area contributed by atoms with Crippen LogP contribution < -0.4 is 20.1 Å². The Morgan fingerprint density at radius 3 is 2.42 bits per heavy atom. The van der Waals surface area contributed by atoms with E-state index in [4.69, 9.17) is 13.9 Å². The number of hydrogen-bond donors (Lipinski definition) is 2. The van der Waals surface area contributed by atoms with Crippen LogP contribution in [0.25, 0.3) is 0 Å². The largest absolute Gasteiger partial charge is 0.497 e. The van der Waals surface area contributed by atoms with Crippen LogP contribution >= 0.6 is 24.0 Å². The van der Waals surface area contributed by atoms with Gasteiger partial charge in [0.2, 0.25) is 0 Å². The van der Waals surface area contributed by atoms with Crippen LogP contribution in [0.2, 0.25) is 0 Å². The molecule has 0 amide bonds. The van der Waals surface area contributed by atoms with Crippen LogP contribution in [0.4, 0.5) is 0 Å². The van der Waals surface area contributed by atoms with Crippen molar-refractivity contribution in [1.82, 2.24) is 10.6 Å². The topological polar surface area (TPSA) is 68.0 Å². The van der Waals surface area contributed by atoms with Crippen LogP contribution in [0.1, 0.15) is 5.76 Å². The van der Waals surface area contributed by atoms with Crippen molar-refractivity contribution >= 4 is 29.9 Å². The smallest absolute Gasteiger partial charge is 0.191 e. The molecule has 24 heavy (non-hydrogen) atoms. The van der Waals surface area contributed by atoms with Gasteiger partial charge in [-0.05, 0) is 36.4 Å². The Morgan fingerprint density at radius 2 is 1.79 bits per heavy atom. The lowest BCUT2D eigenvalue weighted by molar-refractivity contribution is 0.321. The first-order valence-electron chi connectivity index (χ1n) is 7.55. The number of benzene rings is 1.